The Morgan fingerprint density at radius 3 is 2.78 bits per heavy atom. The Labute approximate surface area is 134 Å². The lowest BCUT2D eigenvalue weighted by atomic mass is 9.95. The second kappa shape index (κ2) is 6.30. The van der Waals surface area contributed by atoms with E-state index in [9.17, 15) is 13.6 Å². The first-order valence-corrected chi connectivity index (χ1v) is 8.12. The van der Waals surface area contributed by atoms with Crippen molar-refractivity contribution in [2.75, 3.05) is 19.7 Å². The summed E-state index contributed by atoms with van der Waals surface area (Å²) in [6.07, 6.45) is 3.46. The Hall–Kier alpha value is -1.91. The fourth-order valence-corrected chi connectivity index (χ4v) is 2.92. The molecule has 0 radical (unpaired) electrons. The van der Waals surface area contributed by atoms with Crippen LogP contribution in [0.15, 0.2) is 30.3 Å². The van der Waals surface area contributed by atoms with E-state index in [-0.39, 0.29) is 11.7 Å². The molecule has 0 spiro atoms. The molecule has 1 aromatic carbocycles. The SMILES string of the molecule is CCOC(=O)N1CC=C(c2cccc(C(F)(F)C3CC3)c2)CC1. The van der Waals surface area contributed by atoms with Crippen LogP contribution < -0.4 is 0 Å². The third-order valence-electron chi connectivity index (χ3n) is 4.44. The van der Waals surface area contributed by atoms with Crippen LogP contribution in [-0.4, -0.2) is 30.7 Å². The Balaban J connectivity index is 1.74. The molecule has 1 fully saturated rings. The fraction of sp³-hybridized carbons (Fsp3) is 0.500. The number of amides is 1. The van der Waals surface area contributed by atoms with Gasteiger partial charge >= 0.3 is 6.09 Å². The van der Waals surface area contributed by atoms with E-state index in [0.29, 0.717) is 39.0 Å². The van der Waals surface area contributed by atoms with Gasteiger partial charge in [-0.15, -0.1) is 0 Å². The van der Waals surface area contributed by atoms with Crippen LogP contribution >= 0.6 is 0 Å². The van der Waals surface area contributed by atoms with Crippen molar-refractivity contribution in [3.8, 4) is 0 Å². The normalized spacial score (nSPS) is 18.6. The zero-order valence-corrected chi connectivity index (χ0v) is 13.2. The van der Waals surface area contributed by atoms with Gasteiger partial charge < -0.3 is 9.64 Å². The first-order chi connectivity index (χ1) is 11.0. The molecule has 0 unspecified atom stereocenters. The van der Waals surface area contributed by atoms with Crippen molar-refractivity contribution in [3.05, 3.63) is 41.5 Å². The van der Waals surface area contributed by atoms with Crippen LogP contribution in [0, 0.1) is 5.92 Å². The number of halogens is 2. The molecule has 0 saturated heterocycles. The largest absolute Gasteiger partial charge is 0.450 e. The van der Waals surface area contributed by atoms with Crippen molar-refractivity contribution in [2.45, 2.75) is 32.1 Å². The maximum absolute atomic E-state index is 14.3. The van der Waals surface area contributed by atoms with E-state index in [0.717, 1.165) is 11.1 Å². The van der Waals surface area contributed by atoms with Crippen molar-refractivity contribution in [3.63, 3.8) is 0 Å². The number of nitrogens with zero attached hydrogens (tertiary/aromatic N) is 1. The Morgan fingerprint density at radius 2 is 2.17 bits per heavy atom. The zero-order valence-electron chi connectivity index (χ0n) is 13.2. The predicted octanol–water partition coefficient (Wildman–Crippen LogP) is 4.43. The summed E-state index contributed by atoms with van der Waals surface area (Å²) < 4.78 is 33.5. The third kappa shape index (κ3) is 3.38. The lowest BCUT2D eigenvalue weighted by Gasteiger charge is -2.26. The Bertz CT molecular complexity index is 623. The number of benzene rings is 1. The summed E-state index contributed by atoms with van der Waals surface area (Å²) in [7, 11) is 0. The highest BCUT2D eigenvalue weighted by Gasteiger charge is 2.47. The molecule has 3 nitrogen and oxygen atoms in total. The minimum atomic E-state index is -2.73. The van der Waals surface area contributed by atoms with Crippen molar-refractivity contribution < 1.29 is 18.3 Å². The molecule has 1 aliphatic carbocycles. The van der Waals surface area contributed by atoms with E-state index < -0.39 is 11.8 Å². The molecule has 1 saturated carbocycles. The monoisotopic (exact) mass is 321 g/mol. The number of carbonyl (C=O) groups is 1. The van der Waals surface area contributed by atoms with Gasteiger partial charge in [0.25, 0.3) is 5.92 Å². The van der Waals surface area contributed by atoms with Crippen LogP contribution in [-0.2, 0) is 10.7 Å². The van der Waals surface area contributed by atoms with Gasteiger partial charge in [0, 0.05) is 24.6 Å². The highest BCUT2D eigenvalue weighted by molar-refractivity contribution is 5.72. The molecule has 2 aliphatic rings. The molecule has 1 aliphatic heterocycles. The van der Waals surface area contributed by atoms with E-state index in [1.54, 1.807) is 24.0 Å². The molecule has 1 aromatic rings. The molecule has 5 heteroatoms. The summed E-state index contributed by atoms with van der Waals surface area (Å²) in [6.45, 7) is 3.13. The van der Waals surface area contributed by atoms with Gasteiger partial charge in [-0.2, -0.15) is 0 Å². The maximum Gasteiger partial charge on any atom is 0.410 e. The molecular formula is C18H21F2NO2. The van der Waals surface area contributed by atoms with Crippen LogP contribution in [0.4, 0.5) is 13.6 Å². The lowest BCUT2D eigenvalue weighted by Crippen LogP contribution is -2.35. The predicted molar refractivity (Wildman–Crippen MR) is 84.2 cm³/mol. The fourth-order valence-electron chi connectivity index (χ4n) is 2.92. The number of rotatable bonds is 4. The second-order valence-electron chi connectivity index (χ2n) is 6.10. The van der Waals surface area contributed by atoms with Crippen LogP contribution in [0.5, 0.6) is 0 Å². The van der Waals surface area contributed by atoms with Gasteiger partial charge in [-0.25, -0.2) is 13.6 Å². The number of hydrogen-bond acceptors (Lipinski definition) is 2. The Morgan fingerprint density at radius 1 is 1.39 bits per heavy atom. The summed E-state index contributed by atoms with van der Waals surface area (Å²) in [5.41, 5.74) is 1.94. The average molecular weight is 321 g/mol. The second-order valence-corrected chi connectivity index (χ2v) is 6.10. The summed E-state index contributed by atoms with van der Waals surface area (Å²) >= 11 is 0. The topological polar surface area (TPSA) is 29.5 Å². The molecule has 23 heavy (non-hydrogen) atoms. The van der Waals surface area contributed by atoms with Gasteiger partial charge in [-0.1, -0.05) is 24.3 Å². The number of ether oxygens (including phenoxy) is 1. The van der Waals surface area contributed by atoms with Gasteiger partial charge in [0.05, 0.1) is 6.61 Å². The molecule has 1 amide bonds. The van der Waals surface area contributed by atoms with Gasteiger partial charge in [0.15, 0.2) is 0 Å². The Kier molecular flexibility index (Phi) is 4.37. The van der Waals surface area contributed by atoms with Gasteiger partial charge in [0.2, 0.25) is 0 Å². The number of alkyl halides is 2. The van der Waals surface area contributed by atoms with Gasteiger partial charge in [-0.05, 0) is 43.4 Å². The van der Waals surface area contributed by atoms with E-state index >= 15 is 0 Å². The zero-order chi connectivity index (χ0) is 16.4. The molecule has 0 bridgehead atoms. The minimum Gasteiger partial charge on any atom is -0.450 e. The van der Waals surface area contributed by atoms with Crippen LogP contribution in [0.25, 0.3) is 5.57 Å². The molecular weight excluding hydrogens is 300 g/mol. The maximum atomic E-state index is 14.3. The smallest absolute Gasteiger partial charge is 0.410 e. The van der Waals surface area contributed by atoms with Crippen molar-refractivity contribution >= 4 is 11.7 Å². The van der Waals surface area contributed by atoms with Crippen LogP contribution in [0.2, 0.25) is 0 Å². The quantitative estimate of drug-likeness (QED) is 0.821. The summed E-state index contributed by atoms with van der Waals surface area (Å²) in [5.74, 6) is -3.24. The molecule has 0 aromatic heterocycles. The number of hydrogen-bond donors (Lipinski definition) is 0. The minimum absolute atomic E-state index is 0.103. The van der Waals surface area contributed by atoms with E-state index in [1.807, 2.05) is 12.1 Å². The molecule has 1 heterocycles. The van der Waals surface area contributed by atoms with Crippen molar-refractivity contribution in [1.82, 2.24) is 4.90 Å². The summed E-state index contributed by atoms with van der Waals surface area (Å²) in [6, 6.07) is 6.66. The first kappa shape index (κ1) is 16.0. The van der Waals surface area contributed by atoms with Gasteiger partial charge in [0.1, 0.15) is 0 Å². The van der Waals surface area contributed by atoms with Crippen molar-refractivity contribution in [2.24, 2.45) is 5.92 Å². The highest BCUT2D eigenvalue weighted by Crippen LogP contribution is 2.49. The molecule has 3 rings (SSSR count). The third-order valence-corrected chi connectivity index (χ3v) is 4.44. The highest BCUT2D eigenvalue weighted by atomic mass is 19.3. The van der Waals surface area contributed by atoms with Gasteiger partial charge in [-0.3, -0.25) is 0 Å². The standard InChI is InChI=1S/C18H21F2NO2/c1-2-23-17(22)21-10-8-13(9-11-21)14-4-3-5-16(12-14)18(19,20)15-6-7-15/h3-5,8,12,15H,2,6-7,9-11H2,1H3. The molecule has 0 atom stereocenters. The molecule has 0 N–H and O–H groups in total. The van der Waals surface area contributed by atoms with Crippen LogP contribution in [0.1, 0.15) is 37.3 Å². The summed E-state index contributed by atoms with van der Waals surface area (Å²) in [4.78, 5) is 13.3. The lowest BCUT2D eigenvalue weighted by molar-refractivity contribution is -0.0285. The van der Waals surface area contributed by atoms with Crippen LogP contribution in [0.3, 0.4) is 0 Å². The van der Waals surface area contributed by atoms with E-state index in [2.05, 4.69) is 0 Å². The molecule has 124 valence electrons. The number of carbonyl (C=O) groups excluding carboxylic acids is 1. The first-order valence-electron chi connectivity index (χ1n) is 8.12. The van der Waals surface area contributed by atoms with E-state index in [4.69, 9.17) is 4.74 Å². The summed E-state index contributed by atoms with van der Waals surface area (Å²) in [5, 5.41) is 0. The van der Waals surface area contributed by atoms with Crippen molar-refractivity contribution in [1.29, 1.82) is 0 Å². The average Bonchev–Trinajstić information content (AvgIpc) is 3.41. The van der Waals surface area contributed by atoms with E-state index in [1.165, 1.54) is 6.07 Å².